The predicted octanol–water partition coefficient (Wildman–Crippen LogP) is 1.96. The summed E-state index contributed by atoms with van der Waals surface area (Å²) in [4.78, 5) is 0. The van der Waals surface area contributed by atoms with Gasteiger partial charge in [0.25, 0.3) is 0 Å². The number of unbranched alkanes of at least 4 members (excludes halogenated alkanes) is 1. The van der Waals surface area contributed by atoms with Crippen LogP contribution in [0.4, 0.5) is 0 Å². The maximum absolute atomic E-state index is 11.5. The third-order valence-corrected chi connectivity index (χ3v) is 5.10. The lowest BCUT2D eigenvalue weighted by molar-refractivity contribution is 0.335. The van der Waals surface area contributed by atoms with Gasteiger partial charge in [-0.3, -0.25) is 0 Å². The minimum Gasteiger partial charge on any atom is -0.330 e. The Bertz CT molecular complexity index is 268. The summed E-state index contributed by atoms with van der Waals surface area (Å²) in [6, 6.07) is 0. The SMILES string of the molecule is CC(C)S(=O)(=O)CCCCC(C)(C)CN. The molecule has 0 atom stereocenters. The molecule has 15 heavy (non-hydrogen) atoms. The molecule has 0 unspecified atom stereocenters. The van der Waals surface area contributed by atoms with E-state index in [1.54, 1.807) is 13.8 Å². The van der Waals surface area contributed by atoms with Crippen molar-refractivity contribution in [1.82, 2.24) is 0 Å². The number of hydrogen-bond acceptors (Lipinski definition) is 3. The van der Waals surface area contributed by atoms with Crippen LogP contribution in [0.1, 0.15) is 47.0 Å². The number of hydrogen-bond donors (Lipinski definition) is 1. The molecule has 0 saturated heterocycles. The summed E-state index contributed by atoms with van der Waals surface area (Å²) >= 11 is 0. The van der Waals surface area contributed by atoms with Gasteiger partial charge in [0.2, 0.25) is 0 Å². The highest BCUT2D eigenvalue weighted by Gasteiger charge is 2.18. The molecular weight excluding hydrogens is 210 g/mol. The van der Waals surface area contributed by atoms with Crippen LogP contribution in [-0.2, 0) is 9.84 Å². The molecule has 0 heterocycles. The van der Waals surface area contributed by atoms with Crippen LogP contribution < -0.4 is 5.73 Å². The van der Waals surface area contributed by atoms with Crippen molar-refractivity contribution in [2.75, 3.05) is 12.3 Å². The van der Waals surface area contributed by atoms with Crippen LogP contribution in [-0.4, -0.2) is 26.0 Å². The highest BCUT2D eigenvalue weighted by atomic mass is 32.2. The zero-order chi connectivity index (χ0) is 12.1. The first-order valence-electron chi connectivity index (χ1n) is 5.63. The Morgan fingerprint density at radius 2 is 1.73 bits per heavy atom. The van der Waals surface area contributed by atoms with Crippen LogP contribution >= 0.6 is 0 Å². The lowest BCUT2D eigenvalue weighted by Gasteiger charge is -2.21. The van der Waals surface area contributed by atoms with E-state index in [0.29, 0.717) is 12.3 Å². The molecule has 0 aromatic rings. The summed E-state index contributed by atoms with van der Waals surface area (Å²) in [5.74, 6) is 0.311. The van der Waals surface area contributed by atoms with E-state index in [9.17, 15) is 8.42 Å². The van der Waals surface area contributed by atoms with Gasteiger partial charge in [0.05, 0.1) is 11.0 Å². The Kier molecular flexibility index (Phi) is 5.81. The predicted molar refractivity (Wildman–Crippen MR) is 65.6 cm³/mol. The quantitative estimate of drug-likeness (QED) is 0.686. The van der Waals surface area contributed by atoms with E-state index in [1.165, 1.54) is 0 Å². The molecule has 0 saturated carbocycles. The largest absolute Gasteiger partial charge is 0.330 e. The second-order valence-corrected chi connectivity index (χ2v) is 7.92. The number of rotatable bonds is 7. The molecule has 0 aromatic heterocycles. The minimum atomic E-state index is -2.85. The smallest absolute Gasteiger partial charge is 0.152 e. The van der Waals surface area contributed by atoms with Crippen LogP contribution in [0.25, 0.3) is 0 Å². The maximum Gasteiger partial charge on any atom is 0.152 e. The molecule has 92 valence electrons. The molecule has 0 spiro atoms. The lowest BCUT2D eigenvalue weighted by Crippen LogP contribution is -2.24. The van der Waals surface area contributed by atoms with Crippen molar-refractivity contribution < 1.29 is 8.42 Å². The van der Waals surface area contributed by atoms with E-state index < -0.39 is 9.84 Å². The first kappa shape index (κ1) is 14.9. The van der Waals surface area contributed by atoms with Gasteiger partial charge in [-0.1, -0.05) is 20.3 Å². The Morgan fingerprint density at radius 1 is 1.20 bits per heavy atom. The zero-order valence-corrected chi connectivity index (χ0v) is 11.2. The van der Waals surface area contributed by atoms with Crippen molar-refractivity contribution in [2.24, 2.45) is 11.1 Å². The van der Waals surface area contributed by atoms with Gasteiger partial charge in [0.15, 0.2) is 9.84 Å². The number of nitrogens with two attached hydrogens (primary N) is 1. The highest BCUT2D eigenvalue weighted by Crippen LogP contribution is 2.21. The van der Waals surface area contributed by atoms with Gasteiger partial charge in [-0.05, 0) is 38.6 Å². The van der Waals surface area contributed by atoms with E-state index in [2.05, 4.69) is 13.8 Å². The average Bonchev–Trinajstić information content (AvgIpc) is 2.12. The topological polar surface area (TPSA) is 60.2 Å². The van der Waals surface area contributed by atoms with Crippen LogP contribution in [0.3, 0.4) is 0 Å². The molecule has 0 aliphatic rings. The molecule has 0 rings (SSSR count). The third-order valence-electron chi connectivity index (χ3n) is 2.80. The van der Waals surface area contributed by atoms with Gasteiger partial charge < -0.3 is 5.73 Å². The average molecular weight is 235 g/mol. The van der Waals surface area contributed by atoms with Crippen LogP contribution in [0.15, 0.2) is 0 Å². The van der Waals surface area contributed by atoms with E-state index >= 15 is 0 Å². The van der Waals surface area contributed by atoms with Gasteiger partial charge in [-0.25, -0.2) is 8.42 Å². The molecular formula is C11H25NO2S. The molecule has 0 radical (unpaired) electrons. The molecule has 2 N–H and O–H groups in total. The molecule has 0 fully saturated rings. The van der Waals surface area contributed by atoms with Crippen LogP contribution in [0.2, 0.25) is 0 Å². The maximum atomic E-state index is 11.5. The lowest BCUT2D eigenvalue weighted by atomic mass is 9.88. The molecule has 0 bridgehead atoms. The van der Waals surface area contributed by atoms with Crippen molar-refractivity contribution >= 4 is 9.84 Å². The third kappa shape index (κ3) is 6.15. The summed E-state index contributed by atoms with van der Waals surface area (Å²) in [6.45, 7) is 8.36. The van der Waals surface area contributed by atoms with Gasteiger partial charge in [0.1, 0.15) is 0 Å². The Labute approximate surface area is 94.4 Å². The summed E-state index contributed by atoms with van der Waals surface area (Å²) in [5.41, 5.74) is 5.74. The fraction of sp³-hybridized carbons (Fsp3) is 1.00. The normalized spacial score (nSPS) is 13.5. The summed E-state index contributed by atoms with van der Waals surface area (Å²) < 4.78 is 23.0. The van der Waals surface area contributed by atoms with Crippen molar-refractivity contribution in [3.05, 3.63) is 0 Å². The second-order valence-electron chi connectivity index (χ2n) is 5.24. The summed E-state index contributed by atoms with van der Waals surface area (Å²) in [5, 5.41) is -0.250. The Hall–Kier alpha value is -0.0900. The van der Waals surface area contributed by atoms with Crippen molar-refractivity contribution in [3.8, 4) is 0 Å². The van der Waals surface area contributed by atoms with Crippen LogP contribution in [0, 0.1) is 5.41 Å². The molecule has 0 aliphatic carbocycles. The van der Waals surface area contributed by atoms with E-state index in [-0.39, 0.29) is 10.7 Å². The molecule has 4 heteroatoms. The standard InChI is InChI=1S/C11H25NO2S/c1-10(2)15(13,14)8-6-5-7-11(3,4)9-12/h10H,5-9,12H2,1-4H3. The second kappa shape index (κ2) is 5.85. The van der Waals surface area contributed by atoms with Crippen molar-refractivity contribution in [3.63, 3.8) is 0 Å². The van der Waals surface area contributed by atoms with Crippen molar-refractivity contribution in [2.45, 2.75) is 52.2 Å². The molecule has 0 amide bonds. The summed E-state index contributed by atoms with van der Waals surface area (Å²) in [7, 11) is -2.85. The Morgan fingerprint density at radius 3 is 2.13 bits per heavy atom. The molecule has 3 nitrogen and oxygen atoms in total. The van der Waals surface area contributed by atoms with E-state index in [4.69, 9.17) is 5.73 Å². The fourth-order valence-corrected chi connectivity index (χ4v) is 2.32. The Balaban J connectivity index is 3.83. The first-order valence-corrected chi connectivity index (χ1v) is 7.34. The van der Waals surface area contributed by atoms with Gasteiger partial charge in [0, 0.05) is 0 Å². The zero-order valence-electron chi connectivity index (χ0n) is 10.4. The number of sulfone groups is 1. The fourth-order valence-electron chi connectivity index (χ4n) is 1.24. The van der Waals surface area contributed by atoms with E-state index in [0.717, 1.165) is 19.3 Å². The monoisotopic (exact) mass is 235 g/mol. The first-order chi connectivity index (χ1) is 6.71. The van der Waals surface area contributed by atoms with Crippen LogP contribution in [0.5, 0.6) is 0 Å². The highest BCUT2D eigenvalue weighted by molar-refractivity contribution is 7.91. The molecule has 0 aliphatic heterocycles. The molecule has 0 aromatic carbocycles. The van der Waals surface area contributed by atoms with Crippen molar-refractivity contribution in [1.29, 1.82) is 0 Å². The van der Waals surface area contributed by atoms with E-state index in [1.807, 2.05) is 0 Å². The minimum absolute atomic E-state index is 0.140. The van der Waals surface area contributed by atoms with Gasteiger partial charge in [-0.2, -0.15) is 0 Å². The van der Waals surface area contributed by atoms with Gasteiger partial charge in [-0.15, -0.1) is 0 Å². The summed E-state index contributed by atoms with van der Waals surface area (Å²) in [6.07, 6.45) is 2.69. The van der Waals surface area contributed by atoms with Gasteiger partial charge >= 0.3 is 0 Å².